The molecule has 4 rings (SSSR count). The summed E-state index contributed by atoms with van der Waals surface area (Å²) in [6, 6.07) is 3.64. The fourth-order valence-electron chi connectivity index (χ4n) is 4.13. The van der Waals surface area contributed by atoms with E-state index < -0.39 is 6.61 Å². The van der Waals surface area contributed by atoms with Gasteiger partial charge in [0.1, 0.15) is 0 Å². The first-order valence-corrected chi connectivity index (χ1v) is 10.2. The Labute approximate surface area is 174 Å². The average molecular weight is 419 g/mol. The molecular weight excluding hydrogens is 392 g/mol. The Morgan fingerprint density at radius 3 is 2.60 bits per heavy atom. The molecule has 1 atom stereocenters. The molecule has 3 heterocycles. The highest BCUT2D eigenvalue weighted by molar-refractivity contribution is 5.64. The van der Waals surface area contributed by atoms with E-state index in [1.54, 1.807) is 0 Å². The van der Waals surface area contributed by atoms with E-state index in [2.05, 4.69) is 35.4 Å². The van der Waals surface area contributed by atoms with Gasteiger partial charge in [0.05, 0.1) is 18.9 Å². The molecule has 2 aliphatic rings. The summed E-state index contributed by atoms with van der Waals surface area (Å²) >= 11 is 0. The fraction of sp³-hybridized carbons (Fsp3) is 0.524. The number of allylic oxidation sites excluding steroid dienone is 2. The second-order valence-corrected chi connectivity index (χ2v) is 7.96. The summed E-state index contributed by atoms with van der Waals surface area (Å²) < 4.78 is 37.3. The number of anilines is 1. The van der Waals surface area contributed by atoms with Gasteiger partial charge in [-0.05, 0) is 44.9 Å². The van der Waals surface area contributed by atoms with Crippen molar-refractivity contribution in [1.29, 1.82) is 0 Å². The minimum atomic E-state index is -2.96. The maximum Gasteiger partial charge on any atom is 0.387 e. The minimum absolute atomic E-state index is 0.0736. The second-order valence-electron chi connectivity index (χ2n) is 7.96. The smallest absolute Gasteiger partial charge is 0.387 e. The topological polar surface area (TPSA) is 78.4 Å². The number of nitrogens with zero attached hydrogens (tertiary/aromatic N) is 4. The van der Waals surface area contributed by atoms with E-state index in [1.165, 1.54) is 23.5 Å². The summed E-state index contributed by atoms with van der Waals surface area (Å²) in [4.78, 5) is 6.41. The molecule has 0 spiro atoms. The third-order valence-electron chi connectivity index (χ3n) is 5.77. The molecule has 9 heteroatoms. The molecule has 1 fully saturated rings. The van der Waals surface area contributed by atoms with E-state index >= 15 is 0 Å². The number of rotatable bonds is 6. The normalized spacial score (nSPS) is 19.6. The van der Waals surface area contributed by atoms with Crippen LogP contribution in [0, 0.1) is 0 Å². The van der Waals surface area contributed by atoms with Crippen LogP contribution in [0.15, 0.2) is 29.6 Å². The first-order valence-electron chi connectivity index (χ1n) is 10.2. The quantitative estimate of drug-likeness (QED) is 0.767. The minimum Gasteiger partial charge on any atom is -0.431 e. The van der Waals surface area contributed by atoms with E-state index in [-0.39, 0.29) is 23.5 Å². The van der Waals surface area contributed by atoms with Gasteiger partial charge in [-0.2, -0.15) is 13.9 Å². The largest absolute Gasteiger partial charge is 0.431 e. The van der Waals surface area contributed by atoms with Crippen LogP contribution in [0.2, 0.25) is 0 Å². The lowest BCUT2D eigenvalue weighted by Gasteiger charge is -2.41. The molecular formula is C21H27F2N5O2. The Balaban J connectivity index is 1.65. The van der Waals surface area contributed by atoms with Crippen LogP contribution in [0.25, 0.3) is 11.3 Å². The van der Waals surface area contributed by atoms with Gasteiger partial charge in [-0.1, -0.05) is 0 Å². The Morgan fingerprint density at radius 2 is 1.97 bits per heavy atom. The van der Waals surface area contributed by atoms with Gasteiger partial charge in [0.2, 0.25) is 0 Å². The van der Waals surface area contributed by atoms with Crippen molar-refractivity contribution in [2.45, 2.75) is 45.8 Å². The van der Waals surface area contributed by atoms with Crippen molar-refractivity contribution in [3.05, 3.63) is 35.3 Å². The van der Waals surface area contributed by atoms with E-state index in [0.717, 1.165) is 38.4 Å². The van der Waals surface area contributed by atoms with Gasteiger partial charge < -0.3 is 20.1 Å². The SMILES string of the molecule is CC1=C(N2CCOCC2)CC1c1cc(-c2cnc(N)c(OC(F)F)c2)nn1C(C)C. The highest BCUT2D eigenvalue weighted by Gasteiger charge is 2.34. The lowest BCUT2D eigenvalue weighted by atomic mass is 9.79. The van der Waals surface area contributed by atoms with E-state index in [9.17, 15) is 8.78 Å². The third-order valence-corrected chi connectivity index (χ3v) is 5.77. The number of halogens is 2. The first-order chi connectivity index (χ1) is 14.3. The molecule has 1 unspecified atom stereocenters. The van der Waals surface area contributed by atoms with Crippen molar-refractivity contribution in [3.63, 3.8) is 0 Å². The summed E-state index contributed by atoms with van der Waals surface area (Å²) in [5.74, 6) is 0.0676. The zero-order valence-electron chi connectivity index (χ0n) is 17.4. The second kappa shape index (κ2) is 8.22. The number of pyridine rings is 1. The maximum atomic E-state index is 12.7. The molecule has 30 heavy (non-hydrogen) atoms. The van der Waals surface area contributed by atoms with Crippen LogP contribution < -0.4 is 10.5 Å². The van der Waals surface area contributed by atoms with Gasteiger partial charge in [-0.15, -0.1) is 0 Å². The van der Waals surface area contributed by atoms with Crippen LogP contribution in [-0.4, -0.2) is 52.6 Å². The van der Waals surface area contributed by atoms with Crippen molar-refractivity contribution in [1.82, 2.24) is 19.7 Å². The Hall–Kier alpha value is -2.68. The van der Waals surface area contributed by atoms with Crippen LogP contribution in [0.4, 0.5) is 14.6 Å². The molecule has 2 aromatic rings. The number of hydrogen-bond acceptors (Lipinski definition) is 6. The molecule has 0 saturated carbocycles. The van der Waals surface area contributed by atoms with Gasteiger partial charge in [0, 0.05) is 48.2 Å². The highest BCUT2D eigenvalue weighted by Crippen LogP contribution is 2.45. The van der Waals surface area contributed by atoms with E-state index in [1.807, 2.05) is 10.7 Å². The van der Waals surface area contributed by atoms with Crippen molar-refractivity contribution in [2.75, 3.05) is 32.0 Å². The van der Waals surface area contributed by atoms with Gasteiger partial charge in [0.15, 0.2) is 11.6 Å². The Morgan fingerprint density at radius 1 is 1.23 bits per heavy atom. The monoisotopic (exact) mass is 419 g/mol. The molecule has 0 aromatic carbocycles. The lowest BCUT2D eigenvalue weighted by molar-refractivity contribution is -0.0494. The number of morpholine rings is 1. The van der Waals surface area contributed by atoms with Crippen LogP contribution >= 0.6 is 0 Å². The predicted molar refractivity (Wildman–Crippen MR) is 109 cm³/mol. The van der Waals surface area contributed by atoms with Crippen LogP contribution in [0.5, 0.6) is 5.75 Å². The molecule has 0 bridgehead atoms. The van der Waals surface area contributed by atoms with Crippen molar-refractivity contribution in [3.8, 4) is 17.0 Å². The Kier molecular flexibility index (Phi) is 5.64. The summed E-state index contributed by atoms with van der Waals surface area (Å²) in [6.45, 7) is 6.76. The van der Waals surface area contributed by atoms with E-state index in [4.69, 9.17) is 15.6 Å². The summed E-state index contributed by atoms with van der Waals surface area (Å²) in [7, 11) is 0. The van der Waals surface area contributed by atoms with Gasteiger partial charge >= 0.3 is 6.61 Å². The number of aromatic nitrogens is 3. The van der Waals surface area contributed by atoms with Crippen LogP contribution in [-0.2, 0) is 4.74 Å². The first kappa shape index (κ1) is 20.6. The average Bonchev–Trinajstić information content (AvgIpc) is 3.14. The summed E-state index contributed by atoms with van der Waals surface area (Å²) in [5.41, 5.74) is 10.8. The van der Waals surface area contributed by atoms with Gasteiger partial charge in [0.25, 0.3) is 0 Å². The van der Waals surface area contributed by atoms with Gasteiger partial charge in [-0.3, -0.25) is 4.68 Å². The highest BCUT2D eigenvalue weighted by atomic mass is 19.3. The number of alkyl halides is 2. The molecule has 2 aromatic heterocycles. The number of ether oxygens (including phenoxy) is 2. The Bertz CT molecular complexity index is 951. The fourth-order valence-corrected chi connectivity index (χ4v) is 4.13. The zero-order chi connectivity index (χ0) is 21.4. The molecule has 162 valence electrons. The van der Waals surface area contributed by atoms with Crippen molar-refractivity contribution >= 4 is 5.82 Å². The standard InChI is InChI=1S/C21H27F2N5O2/c1-12(2)28-18(15-9-17(13(15)3)27-4-6-29-7-5-27)10-16(26-28)14-8-19(30-21(22)23)20(24)25-11-14/h8,10-12,15,21H,4-7,9H2,1-3H3,(H2,24,25). The molecule has 0 radical (unpaired) electrons. The molecule has 2 N–H and O–H groups in total. The third kappa shape index (κ3) is 3.86. The molecule has 7 nitrogen and oxygen atoms in total. The summed E-state index contributed by atoms with van der Waals surface area (Å²) in [6.07, 6.45) is 2.50. The number of hydrogen-bond donors (Lipinski definition) is 1. The predicted octanol–water partition coefficient (Wildman–Crippen LogP) is 3.80. The molecule has 1 saturated heterocycles. The summed E-state index contributed by atoms with van der Waals surface area (Å²) in [5, 5.41) is 4.74. The molecule has 1 aliphatic carbocycles. The lowest BCUT2D eigenvalue weighted by Crippen LogP contribution is -2.40. The van der Waals surface area contributed by atoms with E-state index in [0.29, 0.717) is 11.3 Å². The van der Waals surface area contributed by atoms with Crippen LogP contribution in [0.3, 0.4) is 0 Å². The maximum absolute atomic E-state index is 12.7. The van der Waals surface area contributed by atoms with Gasteiger partial charge in [-0.25, -0.2) is 4.98 Å². The van der Waals surface area contributed by atoms with Crippen molar-refractivity contribution < 1.29 is 18.3 Å². The molecule has 1 aliphatic heterocycles. The number of nitrogens with two attached hydrogens (primary N) is 1. The van der Waals surface area contributed by atoms with Crippen LogP contribution in [0.1, 0.15) is 44.8 Å². The van der Waals surface area contributed by atoms with Crippen molar-refractivity contribution in [2.24, 2.45) is 0 Å². The zero-order valence-corrected chi connectivity index (χ0v) is 17.4. The number of nitrogen functional groups attached to an aromatic ring is 1. The molecule has 0 amide bonds.